The Morgan fingerprint density at radius 3 is 2.63 bits per heavy atom. The van der Waals surface area contributed by atoms with Crippen molar-refractivity contribution in [1.29, 1.82) is 0 Å². The van der Waals surface area contributed by atoms with E-state index in [1.807, 2.05) is 13.0 Å². The molecule has 19 heavy (non-hydrogen) atoms. The SMILES string of the molecule is CCNc1nccc(NCCCCCCC(C)C)n1. The Morgan fingerprint density at radius 2 is 1.89 bits per heavy atom. The van der Waals surface area contributed by atoms with Crippen molar-refractivity contribution in [3.05, 3.63) is 12.3 Å². The smallest absolute Gasteiger partial charge is 0.224 e. The first kappa shape index (κ1) is 15.7. The Labute approximate surface area is 117 Å². The van der Waals surface area contributed by atoms with E-state index >= 15 is 0 Å². The van der Waals surface area contributed by atoms with Crippen LogP contribution >= 0.6 is 0 Å². The predicted molar refractivity (Wildman–Crippen MR) is 82.6 cm³/mol. The number of hydrogen-bond acceptors (Lipinski definition) is 4. The zero-order valence-electron chi connectivity index (χ0n) is 12.6. The second kappa shape index (κ2) is 9.59. The van der Waals surface area contributed by atoms with Crippen molar-refractivity contribution in [3.8, 4) is 0 Å². The number of anilines is 2. The van der Waals surface area contributed by atoms with Gasteiger partial charge in [-0.3, -0.25) is 0 Å². The molecule has 1 rings (SSSR count). The largest absolute Gasteiger partial charge is 0.370 e. The summed E-state index contributed by atoms with van der Waals surface area (Å²) in [4.78, 5) is 8.54. The van der Waals surface area contributed by atoms with E-state index in [0.29, 0.717) is 5.95 Å². The zero-order chi connectivity index (χ0) is 13.9. The van der Waals surface area contributed by atoms with Crippen molar-refractivity contribution >= 4 is 11.8 Å². The third kappa shape index (κ3) is 7.65. The second-order valence-corrected chi connectivity index (χ2v) is 5.32. The lowest BCUT2D eigenvalue weighted by atomic mass is 10.0. The molecule has 0 aliphatic rings. The molecular weight excluding hydrogens is 236 g/mol. The van der Waals surface area contributed by atoms with Gasteiger partial charge in [-0.25, -0.2) is 4.98 Å². The Kier molecular flexibility index (Phi) is 7.94. The van der Waals surface area contributed by atoms with Crippen LogP contribution in [0.15, 0.2) is 12.3 Å². The monoisotopic (exact) mass is 264 g/mol. The van der Waals surface area contributed by atoms with Crippen molar-refractivity contribution in [2.24, 2.45) is 5.92 Å². The third-order valence-corrected chi connectivity index (χ3v) is 3.00. The molecule has 0 saturated heterocycles. The molecule has 0 bridgehead atoms. The first-order chi connectivity index (χ1) is 9.22. The first-order valence-electron chi connectivity index (χ1n) is 7.53. The minimum Gasteiger partial charge on any atom is -0.370 e. The number of aromatic nitrogens is 2. The summed E-state index contributed by atoms with van der Waals surface area (Å²) in [6, 6.07) is 1.92. The van der Waals surface area contributed by atoms with Gasteiger partial charge in [-0.1, -0.05) is 39.5 Å². The van der Waals surface area contributed by atoms with Crippen molar-refractivity contribution < 1.29 is 0 Å². The van der Waals surface area contributed by atoms with Crippen LogP contribution in [0, 0.1) is 5.92 Å². The molecule has 1 aromatic heterocycles. The molecular formula is C15H28N4. The summed E-state index contributed by atoms with van der Waals surface area (Å²) in [7, 11) is 0. The quantitative estimate of drug-likeness (QED) is 0.629. The van der Waals surface area contributed by atoms with Gasteiger partial charge in [0.15, 0.2) is 0 Å². The lowest BCUT2D eigenvalue weighted by Gasteiger charge is -2.07. The van der Waals surface area contributed by atoms with Crippen LogP contribution in [0.25, 0.3) is 0 Å². The normalized spacial score (nSPS) is 10.7. The van der Waals surface area contributed by atoms with Gasteiger partial charge in [-0.15, -0.1) is 0 Å². The summed E-state index contributed by atoms with van der Waals surface area (Å²) >= 11 is 0. The van der Waals surface area contributed by atoms with Crippen molar-refractivity contribution in [1.82, 2.24) is 9.97 Å². The van der Waals surface area contributed by atoms with Gasteiger partial charge in [0.05, 0.1) is 0 Å². The average Bonchev–Trinajstić information content (AvgIpc) is 2.38. The Balaban J connectivity index is 2.10. The van der Waals surface area contributed by atoms with Gasteiger partial charge in [0.25, 0.3) is 0 Å². The van der Waals surface area contributed by atoms with Gasteiger partial charge in [0.2, 0.25) is 5.95 Å². The highest BCUT2D eigenvalue weighted by molar-refractivity contribution is 5.39. The topological polar surface area (TPSA) is 49.8 Å². The van der Waals surface area contributed by atoms with E-state index in [4.69, 9.17) is 0 Å². The maximum Gasteiger partial charge on any atom is 0.224 e. The molecule has 2 N–H and O–H groups in total. The summed E-state index contributed by atoms with van der Waals surface area (Å²) < 4.78 is 0. The van der Waals surface area contributed by atoms with E-state index in [0.717, 1.165) is 24.8 Å². The van der Waals surface area contributed by atoms with E-state index < -0.39 is 0 Å². The van der Waals surface area contributed by atoms with E-state index in [-0.39, 0.29) is 0 Å². The van der Waals surface area contributed by atoms with E-state index in [9.17, 15) is 0 Å². The Hall–Kier alpha value is -1.32. The standard InChI is InChI=1S/C15H28N4/c1-4-16-15-18-12-10-14(19-15)17-11-8-6-5-7-9-13(2)3/h10,12-13H,4-9,11H2,1-3H3,(H2,16,17,18,19). The molecule has 4 nitrogen and oxygen atoms in total. The molecule has 0 atom stereocenters. The minimum absolute atomic E-state index is 0.699. The molecule has 0 saturated carbocycles. The number of hydrogen-bond donors (Lipinski definition) is 2. The molecule has 0 fully saturated rings. The van der Waals surface area contributed by atoms with Gasteiger partial charge >= 0.3 is 0 Å². The lowest BCUT2D eigenvalue weighted by Crippen LogP contribution is -2.07. The third-order valence-electron chi connectivity index (χ3n) is 3.00. The maximum absolute atomic E-state index is 4.39. The van der Waals surface area contributed by atoms with Gasteiger partial charge in [-0.2, -0.15) is 4.98 Å². The molecule has 1 heterocycles. The van der Waals surface area contributed by atoms with E-state index in [2.05, 4.69) is 34.4 Å². The van der Waals surface area contributed by atoms with Crippen molar-refractivity contribution in [3.63, 3.8) is 0 Å². The first-order valence-corrected chi connectivity index (χ1v) is 7.53. The minimum atomic E-state index is 0.699. The summed E-state index contributed by atoms with van der Waals surface area (Å²) in [6.45, 7) is 8.46. The van der Waals surface area contributed by atoms with Gasteiger partial charge in [0, 0.05) is 19.3 Å². The second-order valence-electron chi connectivity index (χ2n) is 5.32. The van der Waals surface area contributed by atoms with Crippen LogP contribution in [-0.4, -0.2) is 23.1 Å². The van der Waals surface area contributed by atoms with Gasteiger partial charge in [0.1, 0.15) is 5.82 Å². The van der Waals surface area contributed by atoms with Crippen LogP contribution in [0.2, 0.25) is 0 Å². The Bertz CT molecular complexity index is 339. The molecule has 1 aromatic rings. The molecule has 0 spiro atoms. The summed E-state index contributed by atoms with van der Waals surface area (Å²) in [6.07, 6.45) is 8.34. The van der Waals surface area contributed by atoms with Crippen LogP contribution in [0.3, 0.4) is 0 Å². The van der Waals surface area contributed by atoms with Crippen LogP contribution in [0.1, 0.15) is 52.9 Å². The van der Waals surface area contributed by atoms with Gasteiger partial charge in [-0.05, 0) is 25.3 Å². The summed E-state index contributed by atoms with van der Waals surface area (Å²) in [5, 5.41) is 6.47. The highest BCUT2D eigenvalue weighted by atomic mass is 15.1. The fourth-order valence-electron chi connectivity index (χ4n) is 1.95. The van der Waals surface area contributed by atoms with E-state index in [1.54, 1.807) is 6.20 Å². The molecule has 0 aliphatic carbocycles. The van der Waals surface area contributed by atoms with E-state index in [1.165, 1.54) is 32.1 Å². The molecule has 0 radical (unpaired) electrons. The molecule has 108 valence electrons. The molecule has 0 aliphatic heterocycles. The fourth-order valence-corrected chi connectivity index (χ4v) is 1.95. The van der Waals surface area contributed by atoms with Crippen molar-refractivity contribution in [2.75, 3.05) is 23.7 Å². The highest BCUT2D eigenvalue weighted by Crippen LogP contribution is 2.10. The number of nitrogens with zero attached hydrogens (tertiary/aromatic N) is 2. The highest BCUT2D eigenvalue weighted by Gasteiger charge is 1.98. The number of unbranched alkanes of at least 4 members (excludes halogenated alkanes) is 3. The number of nitrogens with one attached hydrogen (secondary N) is 2. The molecule has 4 heteroatoms. The maximum atomic E-state index is 4.39. The number of rotatable bonds is 10. The average molecular weight is 264 g/mol. The molecule has 0 amide bonds. The molecule has 0 unspecified atom stereocenters. The van der Waals surface area contributed by atoms with Crippen LogP contribution in [0.5, 0.6) is 0 Å². The summed E-state index contributed by atoms with van der Waals surface area (Å²) in [5.41, 5.74) is 0. The van der Waals surface area contributed by atoms with Crippen molar-refractivity contribution in [2.45, 2.75) is 52.9 Å². The Morgan fingerprint density at radius 1 is 1.11 bits per heavy atom. The predicted octanol–water partition coefficient (Wildman–Crippen LogP) is 3.93. The fraction of sp³-hybridized carbons (Fsp3) is 0.733. The van der Waals surface area contributed by atoms with Crippen LogP contribution in [0.4, 0.5) is 11.8 Å². The molecule has 0 aromatic carbocycles. The summed E-state index contributed by atoms with van der Waals surface area (Å²) in [5.74, 6) is 2.45. The zero-order valence-corrected chi connectivity index (χ0v) is 12.6. The lowest BCUT2D eigenvalue weighted by molar-refractivity contribution is 0.523. The van der Waals surface area contributed by atoms with Crippen LogP contribution in [-0.2, 0) is 0 Å². The van der Waals surface area contributed by atoms with Gasteiger partial charge < -0.3 is 10.6 Å². The van der Waals surface area contributed by atoms with Crippen LogP contribution < -0.4 is 10.6 Å².